The van der Waals surface area contributed by atoms with E-state index in [1.54, 1.807) is 7.11 Å². The lowest BCUT2D eigenvalue weighted by Crippen LogP contribution is -2.44. The van der Waals surface area contributed by atoms with Crippen LogP contribution in [0, 0.1) is 20.8 Å². The van der Waals surface area contributed by atoms with Crippen molar-refractivity contribution in [1.82, 2.24) is 15.4 Å². The highest BCUT2D eigenvalue weighted by atomic mass is 16.5. The molecule has 1 fully saturated rings. The molecule has 1 N–H and O–H groups in total. The molecule has 1 aliphatic heterocycles. The number of aromatic nitrogens is 1. The number of rotatable bonds is 5. The summed E-state index contributed by atoms with van der Waals surface area (Å²) in [4.78, 5) is 15.0. The molecule has 140 valence electrons. The number of nitrogens with one attached hydrogen (secondary N) is 1. The van der Waals surface area contributed by atoms with Crippen molar-refractivity contribution in [2.45, 2.75) is 46.2 Å². The van der Waals surface area contributed by atoms with E-state index in [0.717, 1.165) is 55.2 Å². The number of carbonyl (C=O) groups excluding carboxylic acids is 1. The van der Waals surface area contributed by atoms with Crippen molar-refractivity contribution < 1.29 is 14.1 Å². The summed E-state index contributed by atoms with van der Waals surface area (Å²) >= 11 is 0. The summed E-state index contributed by atoms with van der Waals surface area (Å²) in [5.74, 6) is 1.66. The van der Waals surface area contributed by atoms with Crippen molar-refractivity contribution in [3.05, 3.63) is 46.3 Å². The van der Waals surface area contributed by atoms with E-state index in [2.05, 4.69) is 15.4 Å². The highest BCUT2D eigenvalue weighted by molar-refractivity contribution is 5.96. The summed E-state index contributed by atoms with van der Waals surface area (Å²) in [5.41, 5.74) is 3.79. The van der Waals surface area contributed by atoms with Crippen molar-refractivity contribution in [3.63, 3.8) is 0 Å². The van der Waals surface area contributed by atoms with Gasteiger partial charge in [-0.1, -0.05) is 5.16 Å². The summed E-state index contributed by atoms with van der Waals surface area (Å²) in [6, 6.07) is 5.76. The summed E-state index contributed by atoms with van der Waals surface area (Å²) in [6.45, 7) is 8.64. The van der Waals surface area contributed by atoms with Gasteiger partial charge in [0.1, 0.15) is 11.5 Å². The quantitative estimate of drug-likeness (QED) is 0.891. The van der Waals surface area contributed by atoms with Gasteiger partial charge in [0.05, 0.1) is 12.8 Å². The Balaban J connectivity index is 1.53. The number of ether oxygens (including phenoxy) is 1. The maximum Gasteiger partial charge on any atom is 0.251 e. The summed E-state index contributed by atoms with van der Waals surface area (Å²) in [7, 11) is 1.63. The minimum atomic E-state index is -0.00525. The van der Waals surface area contributed by atoms with E-state index in [1.807, 2.05) is 39.0 Å². The van der Waals surface area contributed by atoms with Gasteiger partial charge < -0.3 is 14.6 Å². The first-order chi connectivity index (χ1) is 12.5. The molecule has 6 heteroatoms. The van der Waals surface area contributed by atoms with Crippen molar-refractivity contribution in [1.29, 1.82) is 0 Å². The van der Waals surface area contributed by atoms with Gasteiger partial charge in [0.2, 0.25) is 0 Å². The Morgan fingerprint density at radius 1 is 1.31 bits per heavy atom. The monoisotopic (exact) mass is 357 g/mol. The molecular weight excluding hydrogens is 330 g/mol. The van der Waals surface area contributed by atoms with Gasteiger partial charge in [-0.15, -0.1) is 0 Å². The molecule has 0 saturated carbocycles. The van der Waals surface area contributed by atoms with Crippen molar-refractivity contribution in [2.75, 3.05) is 20.2 Å². The number of aryl methyl sites for hydroxylation is 3. The smallest absolute Gasteiger partial charge is 0.251 e. The van der Waals surface area contributed by atoms with Crippen LogP contribution in [0.15, 0.2) is 22.7 Å². The van der Waals surface area contributed by atoms with Crippen molar-refractivity contribution in [2.24, 2.45) is 0 Å². The van der Waals surface area contributed by atoms with Crippen LogP contribution in [0.25, 0.3) is 0 Å². The first-order valence-electron chi connectivity index (χ1n) is 9.07. The van der Waals surface area contributed by atoms with Gasteiger partial charge in [-0.2, -0.15) is 0 Å². The first kappa shape index (κ1) is 18.5. The second kappa shape index (κ2) is 7.91. The third-order valence-electron chi connectivity index (χ3n) is 5.16. The minimum Gasteiger partial charge on any atom is -0.497 e. The van der Waals surface area contributed by atoms with Crippen LogP contribution in [-0.4, -0.2) is 42.2 Å². The molecule has 3 rings (SSSR count). The third-order valence-corrected chi connectivity index (χ3v) is 5.16. The van der Waals surface area contributed by atoms with E-state index in [4.69, 9.17) is 9.26 Å². The van der Waals surface area contributed by atoms with E-state index in [0.29, 0.717) is 5.56 Å². The fourth-order valence-electron chi connectivity index (χ4n) is 3.47. The largest absolute Gasteiger partial charge is 0.497 e. The number of hydrogen-bond acceptors (Lipinski definition) is 5. The first-order valence-corrected chi connectivity index (χ1v) is 9.07. The van der Waals surface area contributed by atoms with Gasteiger partial charge in [0.25, 0.3) is 5.91 Å². The van der Waals surface area contributed by atoms with Crippen LogP contribution in [0.3, 0.4) is 0 Å². The van der Waals surface area contributed by atoms with Crippen LogP contribution in [0.2, 0.25) is 0 Å². The predicted octanol–water partition coefficient (Wildman–Crippen LogP) is 3.00. The number of piperidine rings is 1. The highest BCUT2D eigenvalue weighted by Crippen LogP contribution is 2.20. The molecule has 2 heterocycles. The lowest BCUT2D eigenvalue weighted by atomic mass is 10.0. The number of amides is 1. The van der Waals surface area contributed by atoms with E-state index >= 15 is 0 Å². The Labute approximate surface area is 154 Å². The minimum absolute atomic E-state index is 0.00525. The second-order valence-corrected chi connectivity index (χ2v) is 7.01. The van der Waals surface area contributed by atoms with Gasteiger partial charge in [0.15, 0.2) is 0 Å². The molecule has 0 atom stereocenters. The van der Waals surface area contributed by atoms with Crippen LogP contribution in [0.4, 0.5) is 0 Å². The fraction of sp³-hybridized carbons (Fsp3) is 0.500. The molecule has 6 nitrogen and oxygen atoms in total. The zero-order valence-electron chi connectivity index (χ0n) is 16.0. The SMILES string of the molecule is COc1ccc(C(=O)NC2CCN(Cc3c(C)noc3C)CC2)c(C)c1. The van der Waals surface area contributed by atoms with Gasteiger partial charge in [0, 0.05) is 36.8 Å². The van der Waals surface area contributed by atoms with Gasteiger partial charge in [-0.3, -0.25) is 9.69 Å². The van der Waals surface area contributed by atoms with Crippen LogP contribution >= 0.6 is 0 Å². The summed E-state index contributed by atoms with van der Waals surface area (Å²) < 4.78 is 10.4. The molecule has 0 spiro atoms. The maximum atomic E-state index is 12.6. The zero-order valence-corrected chi connectivity index (χ0v) is 16.0. The topological polar surface area (TPSA) is 67.6 Å². The Bertz CT molecular complexity index is 757. The third kappa shape index (κ3) is 4.07. The Hall–Kier alpha value is -2.34. The van der Waals surface area contributed by atoms with E-state index in [-0.39, 0.29) is 11.9 Å². The van der Waals surface area contributed by atoms with Gasteiger partial charge in [-0.05, 0) is 57.4 Å². The molecule has 1 aliphatic rings. The van der Waals surface area contributed by atoms with Gasteiger partial charge in [-0.25, -0.2) is 0 Å². The Morgan fingerprint density at radius 3 is 2.62 bits per heavy atom. The Morgan fingerprint density at radius 2 is 2.04 bits per heavy atom. The molecule has 1 aromatic heterocycles. The number of benzene rings is 1. The lowest BCUT2D eigenvalue weighted by molar-refractivity contribution is 0.0908. The molecule has 0 unspecified atom stereocenters. The second-order valence-electron chi connectivity index (χ2n) is 7.01. The standard InChI is InChI=1S/C20H27N3O3/c1-13-11-17(25-4)5-6-18(13)20(24)21-16-7-9-23(10-8-16)12-19-14(2)22-26-15(19)3/h5-6,11,16H,7-10,12H2,1-4H3,(H,21,24). The molecule has 1 amide bonds. The van der Waals surface area contributed by atoms with Crippen LogP contribution < -0.4 is 10.1 Å². The van der Waals surface area contributed by atoms with Crippen LogP contribution in [0.1, 0.15) is 45.8 Å². The maximum absolute atomic E-state index is 12.6. The van der Waals surface area contributed by atoms with Crippen LogP contribution in [-0.2, 0) is 6.54 Å². The lowest BCUT2D eigenvalue weighted by Gasteiger charge is -2.32. The predicted molar refractivity (Wildman–Crippen MR) is 99.5 cm³/mol. The molecular formula is C20H27N3O3. The fourth-order valence-corrected chi connectivity index (χ4v) is 3.47. The zero-order chi connectivity index (χ0) is 18.7. The number of carbonyl (C=O) groups is 1. The number of methoxy groups -OCH3 is 1. The summed E-state index contributed by atoms with van der Waals surface area (Å²) in [6.07, 6.45) is 1.90. The molecule has 0 bridgehead atoms. The van der Waals surface area contributed by atoms with Crippen molar-refractivity contribution in [3.8, 4) is 5.75 Å². The van der Waals surface area contributed by atoms with Crippen molar-refractivity contribution >= 4 is 5.91 Å². The number of likely N-dealkylation sites (tertiary alicyclic amines) is 1. The molecule has 26 heavy (non-hydrogen) atoms. The van der Waals surface area contributed by atoms with E-state index < -0.39 is 0 Å². The van der Waals surface area contributed by atoms with E-state index in [9.17, 15) is 4.79 Å². The average molecular weight is 357 g/mol. The molecule has 1 saturated heterocycles. The van der Waals surface area contributed by atoms with E-state index in [1.165, 1.54) is 5.56 Å². The van der Waals surface area contributed by atoms with Gasteiger partial charge >= 0.3 is 0 Å². The highest BCUT2D eigenvalue weighted by Gasteiger charge is 2.23. The molecule has 2 aromatic rings. The Kier molecular flexibility index (Phi) is 5.61. The van der Waals surface area contributed by atoms with Crippen LogP contribution in [0.5, 0.6) is 5.75 Å². The summed E-state index contributed by atoms with van der Waals surface area (Å²) in [5, 5.41) is 7.20. The average Bonchev–Trinajstić information content (AvgIpc) is 2.95. The number of hydrogen-bond donors (Lipinski definition) is 1. The molecule has 0 aliphatic carbocycles. The molecule has 0 radical (unpaired) electrons. The number of nitrogens with zero attached hydrogens (tertiary/aromatic N) is 2. The normalized spacial score (nSPS) is 15.8. The molecule has 1 aromatic carbocycles.